The summed E-state index contributed by atoms with van der Waals surface area (Å²) >= 11 is 3.33. The van der Waals surface area contributed by atoms with Crippen LogP contribution in [0, 0.1) is 5.92 Å². The monoisotopic (exact) mass is 299 g/mol. The number of nitrogens with one attached hydrogen (secondary N) is 1. The summed E-state index contributed by atoms with van der Waals surface area (Å²) in [5.74, 6) is 1.03. The number of hydrogen-bond acceptors (Lipinski definition) is 2. The molecular weight excluding hydrogens is 278 g/mol. The maximum Gasteiger partial charge on any atom is 0.129 e. The van der Waals surface area contributed by atoms with Crippen LogP contribution in [0.1, 0.15) is 39.2 Å². The molecule has 17 heavy (non-hydrogen) atoms. The Morgan fingerprint density at radius 3 is 2.47 bits per heavy atom. The summed E-state index contributed by atoms with van der Waals surface area (Å²) in [6.07, 6.45) is 2.42. The first kappa shape index (κ1) is 14.5. The molecule has 2 nitrogen and oxygen atoms in total. The van der Waals surface area contributed by atoms with Gasteiger partial charge in [0, 0.05) is 12.6 Å². The summed E-state index contributed by atoms with van der Waals surface area (Å²) < 4.78 is 0.756. The Balaban J connectivity index is 2.52. The fourth-order valence-corrected chi connectivity index (χ4v) is 2.53. The number of aromatic hydroxyl groups is 1. The van der Waals surface area contributed by atoms with Crippen molar-refractivity contribution in [3.05, 3.63) is 28.2 Å². The maximum atomic E-state index is 9.42. The van der Waals surface area contributed by atoms with Crippen LogP contribution >= 0.6 is 15.9 Å². The van der Waals surface area contributed by atoms with Crippen LogP contribution in [0.25, 0.3) is 0 Å². The molecule has 0 fully saturated rings. The number of benzene rings is 1. The van der Waals surface area contributed by atoms with Gasteiger partial charge in [-0.25, -0.2) is 0 Å². The topological polar surface area (TPSA) is 32.3 Å². The molecule has 0 saturated heterocycles. The lowest BCUT2D eigenvalue weighted by atomic mass is 9.95. The van der Waals surface area contributed by atoms with E-state index in [9.17, 15) is 5.11 Å². The van der Waals surface area contributed by atoms with Crippen LogP contribution in [0.2, 0.25) is 0 Å². The zero-order valence-corrected chi connectivity index (χ0v) is 12.4. The minimum absolute atomic E-state index is 0.293. The van der Waals surface area contributed by atoms with Crippen molar-refractivity contribution in [2.45, 2.75) is 46.2 Å². The van der Waals surface area contributed by atoms with Crippen molar-refractivity contribution in [3.8, 4) is 5.75 Å². The van der Waals surface area contributed by atoms with Crippen molar-refractivity contribution in [1.82, 2.24) is 5.32 Å². The number of halogens is 1. The van der Waals surface area contributed by atoms with Gasteiger partial charge in [-0.2, -0.15) is 0 Å². The molecule has 1 aromatic carbocycles. The molecule has 2 N–H and O–H groups in total. The summed E-state index contributed by atoms with van der Waals surface area (Å²) in [5.41, 5.74) is 1.19. The first-order chi connectivity index (χ1) is 8.08. The molecule has 1 rings (SSSR count). The number of hydrogen-bond donors (Lipinski definition) is 2. The molecule has 0 saturated carbocycles. The third kappa shape index (κ3) is 4.32. The van der Waals surface area contributed by atoms with E-state index in [1.807, 2.05) is 12.1 Å². The normalized spacial score (nSPS) is 13.0. The zero-order chi connectivity index (χ0) is 12.8. The smallest absolute Gasteiger partial charge is 0.129 e. The quantitative estimate of drug-likeness (QED) is 0.830. The Morgan fingerprint density at radius 2 is 1.94 bits per heavy atom. The van der Waals surface area contributed by atoms with Crippen molar-refractivity contribution < 1.29 is 5.11 Å². The summed E-state index contributed by atoms with van der Waals surface area (Å²) in [4.78, 5) is 0. The lowest BCUT2D eigenvalue weighted by Gasteiger charge is -2.22. The Labute approximate surface area is 113 Å². The number of phenols is 1. The fourth-order valence-electron chi connectivity index (χ4n) is 2.10. The van der Waals surface area contributed by atoms with E-state index in [0.29, 0.717) is 11.8 Å². The van der Waals surface area contributed by atoms with Crippen LogP contribution in [0.5, 0.6) is 5.75 Å². The van der Waals surface area contributed by atoms with Crippen molar-refractivity contribution in [2.24, 2.45) is 5.92 Å². The van der Waals surface area contributed by atoms with Gasteiger partial charge in [-0.05, 0) is 46.5 Å². The Hall–Kier alpha value is -0.540. The standard InChI is InChI=1S/C14H22BrNO/c1-4-12(5-2)10(3)16-9-11-6-7-14(17)13(15)8-11/h6-8,10,12,16-17H,4-5,9H2,1-3H3. The molecule has 0 amide bonds. The van der Waals surface area contributed by atoms with Crippen LogP contribution in [0.3, 0.4) is 0 Å². The molecule has 0 aromatic heterocycles. The van der Waals surface area contributed by atoms with Crippen LogP contribution in [0.4, 0.5) is 0 Å². The average Bonchev–Trinajstić information content (AvgIpc) is 2.32. The van der Waals surface area contributed by atoms with E-state index >= 15 is 0 Å². The molecule has 0 aliphatic rings. The Bertz CT molecular complexity index is 350. The van der Waals surface area contributed by atoms with E-state index < -0.39 is 0 Å². The summed E-state index contributed by atoms with van der Waals surface area (Å²) in [6, 6.07) is 6.16. The van der Waals surface area contributed by atoms with Gasteiger partial charge >= 0.3 is 0 Å². The number of phenolic OH excluding ortho intramolecular Hbond substituents is 1. The molecule has 0 radical (unpaired) electrons. The molecular formula is C14H22BrNO. The molecule has 96 valence electrons. The third-order valence-electron chi connectivity index (χ3n) is 3.40. The second-order valence-electron chi connectivity index (χ2n) is 4.53. The second kappa shape index (κ2) is 7.02. The Kier molecular flexibility index (Phi) is 6.00. The third-order valence-corrected chi connectivity index (χ3v) is 4.03. The SMILES string of the molecule is CCC(CC)C(C)NCc1ccc(O)c(Br)c1. The van der Waals surface area contributed by atoms with Gasteiger partial charge in [-0.3, -0.25) is 0 Å². The van der Waals surface area contributed by atoms with Gasteiger partial charge in [-0.15, -0.1) is 0 Å². The molecule has 1 unspecified atom stereocenters. The molecule has 0 heterocycles. The largest absolute Gasteiger partial charge is 0.507 e. The first-order valence-corrected chi connectivity index (χ1v) is 7.08. The first-order valence-electron chi connectivity index (χ1n) is 6.29. The minimum Gasteiger partial charge on any atom is -0.507 e. The van der Waals surface area contributed by atoms with Crippen LogP contribution in [0.15, 0.2) is 22.7 Å². The summed E-state index contributed by atoms with van der Waals surface area (Å²) in [6.45, 7) is 7.57. The Morgan fingerprint density at radius 1 is 1.29 bits per heavy atom. The molecule has 0 aliphatic carbocycles. The molecule has 0 bridgehead atoms. The highest BCUT2D eigenvalue weighted by Gasteiger charge is 2.12. The number of rotatable bonds is 6. The van der Waals surface area contributed by atoms with Crippen molar-refractivity contribution in [2.75, 3.05) is 0 Å². The van der Waals surface area contributed by atoms with E-state index in [0.717, 1.165) is 16.9 Å². The highest BCUT2D eigenvalue weighted by atomic mass is 79.9. The lowest BCUT2D eigenvalue weighted by Crippen LogP contribution is -2.32. The van der Waals surface area contributed by atoms with Crippen molar-refractivity contribution in [3.63, 3.8) is 0 Å². The fraction of sp³-hybridized carbons (Fsp3) is 0.571. The zero-order valence-electron chi connectivity index (χ0n) is 10.8. The van der Waals surface area contributed by atoms with Crippen molar-refractivity contribution >= 4 is 15.9 Å². The van der Waals surface area contributed by atoms with Gasteiger partial charge in [0.1, 0.15) is 5.75 Å². The molecule has 0 spiro atoms. The average molecular weight is 300 g/mol. The summed E-state index contributed by atoms with van der Waals surface area (Å²) in [7, 11) is 0. The van der Waals surface area contributed by atoms with Crippen LogP contribution < -0.4 is 5.32 Å². The van der Waals surface area contributed by atoms with Gasteiger partial charge in [0.05, 0.1) is 4.47 Å². The van der Waals surface area contributed by atoms with E-state index in [1.54, 1.807) is 6.07 Å². The maximum absolute atomic E-state index is 9.42. The predicted octanol–water partition coefficient (Wildman–Crippen LogP) is 4.07. The van der Waals surface area contributed by atoms with Gasteiger partial charge in [0.2, 0.25) is 0 Å². The van der Waals surface area contributed by atoms with E-state index in [4.69, 9.17) is 0 Å². The van der Waals surface area contributed by atoms with Gasteiger partial charge in [0.25, 0.3) is 0 Å². The second-order valence-corrected chi connectivity index (χ2v) is 5.39. The van der Waals surface area contributed by atoms with Crippen molar-refractivity contribution in [1.29, 1.82) is 0 Å². The van der Waals surface area contributed by atoms with E-state index in [1.165, 1.54) is 18.4 Å². The van der Waals surface area contributed by atoms with E-state index in [2.05, 4.69) is 42.0 Å². The lowest BCUT2D eigenvalue weighted by molar-refractivity contribution is 0.353. The van der Waals surface area contributed by atoms with Crippen LogP contribution in [-0.2, 0) is 6.54 Å². The predicted molar refractivity (Wildman–Crippen MR) is 76.2 cm³/mol. The molecule has 1 aromatic rings. The highest BCUT2D eigenvalue weighted by molar-refractivity contribution is 9.10. The molecule has 1 atom stereocenters. The van der Waals surface area contributed by atoms with Gasteiger partial charge in [0.15, 0.2) is 0 Å². The molecule has 3 heteroatoms. The minimum atomic E-state index is 0.293. The summed E-state index contributed by atoms with van der Waals surface area (Å²) in [5, 5.41) is 13.0. The van der Waals surface area contributed by atoms with Crippen LogP contribution in [-0.4, -0.2) is 11.1 Å². The van der Waals surface area contributed by atoms with Gasteiger partial charge in [-0.1, -0.05) is 32.8 Å². The highest BCUT2D eigenvalue weighted by Crippen LogP contribution is 2.24. The van der Waals surface area contributed by atoms with E-state index in [-0.39, 0.29) is 0 Å². The molecule has 0 aliphatic heterocycles. The van der Waals surface area contributed by atoms with Gasteiger partial charge < -0.3 is 10.4 Å².